The summed E-state index contributed by atoms with van der Waals surface area (Å²) < 4.78 is 52.9. The van der Waals surface area contributed by atoms with Crippen molar-refractivity contribution in [1.29, 1.82) is 0 Å². The van der Waals surface area contributed by atoms with Crippen molar-refractivity contribution < 1.29 is 22.4 Å². The van der Waals surface area contributed by atoms with Crippen LogP contribution >= 0.6 is 0 Å². The maximum atomic E-state index is 13.5. The third-order valence-electron chi connectivity index (χ3n) is 2.88. The van der Waals surface area contributed by atoms with Gasteiger partial charge in [-0.1, -0.05) is 0 Å². The Morgan fingerprint density at radius 3 is 2.57 bits per heavy atom. The lowest BCUT2D eigenvalue weighted by molar-refractivity contribution is -0.137. The first kappa shape index (κ1) is 15.1. The van der Waals surface area contributed by atoms with Gasteiger partial charge < -0.3 is 9.88 Å². The number of aryl methyl sites for hydroxylation is 1. The molecule has 0 fully saturated rings. The van der Waals surface area contributed by atoms with Gasteiger partial charge in [0.1, 0.15) is 5.82 Å². The Hall–Kier alpha value is -2.31. The number of carbonyl (C=O) groups excluding carboxylic acids is 1. The van der Waals surface area contributed by atoms with E-state index in [0.717, 1.165) is 5.56 Å². The monoisotopic (exact) mass is 300 g/mol. The predicted octanol–water partition coefficient (Wildman–Crippen LogP) is 3.11. The van der Waals surface area contributed by atoms with Crippen LogP contribution < -0.4 is 5.32 Å². The van der Waals surface area contributed by atoms with E-state index in [9.17, 15) is 22.4 Å². The van der Waals surface area contributed by atoms with E-state index in [0.29, 0.717) is 18.2 Å². The van der Waals surface area contributed by atoms with Crippen LogP contribution in [-0.4, -0.2) is 10.5 Å². The number of hydrogen-bond acceptors (Lipinski definition) is 1. The number of amides is 1. The summed E-state index contributed by atoms with van der Waals surface area (Å²) in [5.41, 5.74) is -0.923. The highest BCUT2D eigenvalue weighted by Gasteiger charge is 2.31. The zero-order chi connectivity index (χ0) is 15.6. The zero-order valence-corrected chi connectivity index (χ0v) is 11.0. The molecule has 21 heavy (non-hydrogen) atoms. The normalized spacial score (nSPS) is 11.5. The molecular weight excluding hydrogens is 288 g/mol. The summed E-state index contributed by atoms with van der Waals surface area (Å²) >= 11 is 0. The first-order chi connectivity index (χ1) is 9.77. The second kappa shape index (κ2) is 5.59. The van der Waals surface area contributed by atoms with Crippen LogP contribution in [0.1, 0.15) is 21.5 Å². The quantitative estimate of drug-likeness (QED) is 0.868. The highest BCUT2D eigenvalue weighted by Crippen LogP contribution is 2.30. The Balaban J connectivity index is 2.15. The molecule has 0 spiro atoms. The van der Waals surface area contributed by atoms with Crippen LogP contribution in [0, 0.1) is 5.82 Å². The fourth-order valence-electron chi connectivity index (χ4n) is 1.82. The van der Waals surface area contributed by atoms with E-state index >= 15 is 0 Å². The summed E-state index contributed by atoms with van der Waals surface area (Å²) in [4.78, 5) is 11.8. The minimum absolute atomic E-state index is 0.107. The van der Waals surface area contributed by atoms with Crippen molar-refractivity contribution in [3.8, 4) is 0 Å². The molecule has 7 heteroatoms. The molecule has 2 aromatic rings. The standard InChI is InChI=1S/C14H12F4N2O/c1-20-5-4-9(8-20)7-19-13(21)11-6-10(14(16,17)18)2-3-12(11)15/h2-6,8H,7H2,1H3,(H,19,21). The summed E-state index contributed by atoms with van der Waals surface area (Å²) in [5, 5.41) is 2.39. The Kier molecular flexibility index (Phi) is 4.02. The van der Waals surface area contributed by atoms with E-state index in [1.54, 1.807) is 30.1 Å². The van der Waals surface area contributed by atoms with Gasteiger partial charge in [-0.15, -0.1) is 0 Å². The fourth-order valence-corrected chi connectivity index (χ4v) is 1.82. The van der Waals surface area contributed by atoms with Gasteiger partial charge in [-0.2, -0.15) is 13.2 Å². The summed E-state index contributed by atoms with van der Waals surface area (Å²) in [6, 6.07) is 3.49. The molecule has 1 amide bonds. The zero-order valence-electron chi connectivity index (χ0n) is 11.0. The summed E-state index contributed by atoms with van der Waals surface area (Å²) in [6.07, 6.45) is -1.13. The van der Waals surface area contributed by atoms with Crippen molar-refractivity contribution >= 4 is 5.91 Å². The highest BCUT2D eigenvalue weighted by molar-refractivity contribution is 5.94. The molecule has 2 rings (SSSR count). The number of benzene rings is 1. The van der Waals surface area contributed by atoms with Gasteiger partial charge in [0, 0.05) is 26.0 Å². The molecule has 0 unspecified atom stereocenters. The lowest BCUT2D eigenvalue weighted by Crippen LogP contribution is -2.24. The number of rotatable bonds is 3. The van der Waals surface area contributed by atoms with Gasteiger partial charge in [0.25, 0.3) is 5.91 Å². The van der Waals surface area contributed by atoms with Crippen LogP contribution in [0.2, 0.25) is 0 Å². The molecule has 3 nitrogen and oxygen atoms in total. The number of hydrogen-bond donors (Lipinski definition) is 1. The highest BCUT2D eigenvalue weighted by atomic mass is 19.4. The van der Waals surface area contributed by atoms with Crippen LogP contribution in [0.5, 0.6) is 0 Å². The molecule has 0 radical (unpaired) electrons. The maximum Gasteiger partial charge on any atom is 0.416 e. The van der Waals surface area contributed by atoms with E-state index in [1.165, 1.54) is 0 Å². The smallest absolute Gasteiger partial charge is 0.357 e. The third kappa shape index (κ3) is 3.62. The molecule has 0 aliphatic carbocycles. The summed E-state index contributed by atoms with van der Waals surface area (Å²) in [5.74, 6) is -1.88. The van der Waals surface area contributed by atoms with E-state index in [4.69, 9.17) is 0 Å². The largest absolute Gasteiger partial charge is 0.416 e. The number of carbonyl (C=O) groups is 1. The fraction of sp³-hybridized carbons (Fsp3) is 0.214. The summed E-state index contributed by atoms with van der Waals surface area (Å²) in [6.45, 7) is 0.107. The van der Waals surface area contributed by atoms with Gasteiger partial charge in [-0.05, 0) is 29.8 Å². The van der Waals surface area contributed by atoms with Crippen molar-refractivity contribution in [3.05, 3.63) is 59.2 Å². The van der Waals surface area contributed by atoms with Gasteiger partial charge in [0.15, 0.2) is 0 Å². The van der Waals surface area contributed by atoms with Crippen LogP contribution in [0.15, 0.2) is 36.7 Å². The predicted molar refractivity (Wildman–Crippen MR) is 68.0 cm³/mol. The first-order valence-electron chi connectivity index (χ1n) is 6.03. The van der Waals surface area contributed by atoms with Gasteiger partial charge in [0.2, 0.25) is 0 Å². The molecular formula is C14H12F4N2O. The molecule has 0 atom stereocenters. The molecule has 1 aromatic carbocycles. The Morgan fingerprint density at radius 2 is 2.00 bits per heavy atom. The van der Waals surface area contributed by atoms with E-state index in [1.807, 2.05) is 0 Å². The molecule has 0 aliphatic heterocycles. The Morgan fingerprint density at radius 1 is 1.29 bits per heavy atom. The topological polar surface area (TPSA) is 34.0 Å². The lowest BCUT2D eigenvalue weighted by Gasteiger charge is -2.10. The second-order valence-corrected chi connectivity index (χ2v) is 4.56. The number of nitrogens with zero attached hydrogens (tertiary/aromatic N) is 1. The van der Waals surface area contributed by atoms with E-state index in [-0.39, 0.29) is 6.54 Å². The van der Waals surface area contributed by atoms with E-state index in [2.05, 4.69) is 5.32 Å². The molecule has 0 saturated carbocycles. The number of halogens is 4. The van der Waals surface area contributed by atoms with Gasteiger partial charge in [-0.25, -0.2) is 4.39 Å². The third-order valence-corrected chi connectivity index (χ3v) is 2.88. The number of nitrogens with one attached hydrogen (secondary N) is 1. The Labute approximate surface area is 118 Å². The maximum absolute atomic E-state index is 13.5. The first-order valence-corrected chi connectivity index (χ1v) is 6.03. The van der Waals surface area contributed by atoms with Crippen LogP contribution in [0.4, 0.5) is 17.6 Å². The van der Waals surface area contributed by atoms with E-state index < -0.39 is 29.0 Å². The minimum Gasteiger partial charge on any atom is -0.357 e. The molecule has 1 N–H and O–H groups in total. The second-order valence-electron chi connectivity index (χ2n) is 4.56. The van der Waals surface area contributed by atoms with Gasteiger partial charge >= 0.3 is 6.18 Å². The number of alkyl halides is 3. The SMILES string of the molecule is Cn1ccc(CNC(=O)c2cc(C(F)(F)F)ccc2F)c1. The molecule has 0 aliphatic rings. The van der Waals surface area contributed by atoms with Crippen molar-refractivity contribution in [2.75, 3.05) is 0 Å². The minimum atomic E-state index is -4.62. The molecule has 1 aromatic heterocycles. The average molecular weight is 300 g/mol. The molecule has 112 valence electrons. The molecule has 0 bridgehead atoms. The van der Waals surface area contributed by atoms with Crippen molar-refractivity contribution in [2.24, 2.45) is 7.05 Å². The lowest BCUT2D eigenvalue weighted by atomic mass is 10.1. The number of aromatic nitrogens is 1. The van der Waals surface area contributed by atoms with Crippen molar-refractivity contribution in [1.82, 2.24) is 9.88 Å². The Bertz CT molecular complexity index is 661. The van der Waals surface area contributed by atoms with Crippen molar-refractivity contribution in [3.63, 3.8) is 0 Å². The summed E-state index contributed by atoms with van der Waals surface area (Å²) in [7, 11) is 1.79. The van der Waals surface area contributed by atoms with Gasteiger partial charge in [-0.3, -0.25) is 4.79 Å². The molecule has 0 saturated heterocycles. The van der Waals surface area contributed by atoms with Crippen LogP contribution in [0.25, 0.3) is 0 Å². The van der Waals surface area contributed by atoms with Crippen LogP contribution in [0.3, 0.4) is 0 Å². The van der Waals surface area contributed by atoms with Crippen LogP contribution in [-0.2, 0) is 19.8 Å². The average Bonchev–Trinajstić information content (AvgIpc) is 2.81. The van der Waals surface area contributed by atoms with Gasteiger partial charge in [0.05, 0.1) is 11.1 Å². The molecule has 1 heterocycles. The van der Waals surface area contributed by atoms with Crippen molar-refractivity contribution in [2.45, 2.75) is 12.7 Å².